The van der Waals surface area contributed by atoms with Crippen LogP contribution in [0.25, 0.3) is 0 Å². The molecule has 0 spiro atoms. The molecular weight excluding hydrogens is 272 g/mol. The first-order valence-electron chi connectivity index (χ1n) is 5.64. The number of aliphatic hydroxyl groups is 1. The van der Waals surface area contributed by atoms with Gasteiger partial charge in [0.1, 0.15) is 0 Å². The van der Waals surface area contributed by atoms with Gasteiger partial charge in [0.05, 0.1) is 17.1 Å². The predicted molar refractivity (Wildman–Crippen MR) is 69.8 cm³/mol. The van der Waals surface area contributed by atoms with Crippen molar-refractivity contribution in [3.05, 3.63) is 23.8 Å². The SMILES string of the molecule is CCNS(=O)(=O)c1ccc(NCCO)c(C(=O)O)c1. The molecule has 8 heteroatoms. The first-order chi connectivity index (χ1) is 8.92. The fourth-order valence-electron chi connectivity index (χ4n) is 1.49. The van der Waals surface area contributed by atoms with Crippen molar-refractivity contribution in [3.63, 3.8) is 0 Å². The number of benzene rings is 1. The second-order valence-corrected chi connectivity index (χ2v) is 5.43. The molecule has 19 heavy (non-hydrogen) atoms. The topological polar surface area (TPSA) is 116 Å². The van der Waals surface area contributed by atoms with Crippen molar-refractivity contribution >= 4 is 21.7 Å². The third kappa shape index (κ3) is 3.91. The summed E-state index contributed by atoms with van der Waals surface area (Å²) in [5.41, 5.74) is 0.101. The van der Waals surface area contributed by atoms with E-state index >= 15 is 0 Å². The van der Waals surface area contributed by atoms with E-state index in [2.05, 4.69) is 10.0 Å². The van der Waals surface area contributed by atoms with Crippen LogP contribution in [0.1, 0.15) is 17.3 Å². The summed E-state index contributed by atoms with van der Waals surface area (Å²) in [4.78, 5) is 11.0. The fraction of sp³-hybridized carbons (Fsp3) is 0.364. The van der Waals surface area contributed by atoms with Gasteiger partial charge in [-0.3, -0.25) is 0 Å². The van der Waals surface area contributed by atoms with Crippen molar-refractivity contribution in [2.24, 2.45) is 0 Å². The van der Waals surface area contributed by atoms with Gasteiger partial charge in [-0.1, -0.05) is 6.92 Å². The first-order valence-corrected chi connectivity index (χ1v) is 7.12. The summed E-state index contributed by atoms with van der Waals surface area (Å²) < 4.78 is 25.8. The predicted octanol–water partition coefficient (Wildman–Crippen LogP) is 0.0872. The molecule has 0 heterocycles. The molecule has 0 amide bonds. The van der Waals surface area contributed by atoms with Crippen molar-refractivity contribution in [2.45, 2.75) is 11.8 Å². The Morgan fingerprint density at radius 2 is 2.05 bits per heavy atom. The maximum absolute atomic E-state index is 11.8. The molecule has 0 aromatic heterocycles. The molecule has 106 valence electrons. The van der Waals surface area contributed by atoms with Gasteiger partial charge in [0.2, 0.25) is 10.0 Å². The molecule has 1 aromatic rings. The van der Waals surface area contributed by atoms with Gasteiger partial charge >= 0.3 is 5.97 Å². The van der Waals surface area contributed by atoms with Gasteiger partial charge < -0.3 is 15.5 Å². The van der Waals surface area contributed by atoms with E-state index in [4.69, 9.17) is 10.2 Å². The van der Waals surface area contributed by atoms with Crippen LogP contribution in [-0.4, -0.2) is 44.3 Å². The number of hydrogen-bond acceptors (Lipinski definition) is 5. The van der Waals surface area contributed by atoms with Crippen molar-refractivity contribution in [3.8, 4) is 0 Å². The van der Waals surface area contributed by atoms with Gasteiger partial charge in [-0.15, -0.1) is 0 Å². The Morgan fingerprint density at radius 1 is 1.37 bits per heavy atom. The van der Waals surface area contributed by atoms with Crippen LogP contribution in [0, 0.1) is 0 Å². The summed E-state index contributed by atoms with van der Waals surface area (Å²) in [5.74, 6) is -1.24. The normalized spacial score (nSPS) is 11.3. The molecule has 0 atom stereocenters. The molecule has 1 aromatic carbocycles. The van der Waals surface area contributed by atoms with Crippen LogP contribution in [0.5, 0.6) is 0 Å². The zero-order valence-corrected chi connectivity index (χ0v) is 11.2. The minimum absolute atomic E-state index is 0.110. The van der Waals surface area contributed by atoms with Crippen molar-refractivity contribution in [1.29, 1.82) is 0 Å². The van der Waals surface area contributed by atoms with Crippen LogP contribution in [0.4, 0.5) is 5.69 Å². The van der Waals surface area contributed by atoms with Crippen molar-refractivity contribution < 1.29 is 23.4 Å². The quantitative estimate of drug-likeness (QED) is 0.565. The number of carbonyl (C=O) groups is 1. The van der Waals surface area contributed by atoms with Gasteiger partial charge in [-0.2, -0.15) is 0 Å². The summed E-state index contributed by atoms with van der Waals surface area (Å²) in [6, 6.07) is 3.76. The molecule has 0 fully saturated rings. The Kier molecular flexibility index (Phi) is 5.28. The number of carboxylic acid groups (broad SMARTS) is 1. The molecule has 1 rings (SSSR count). The third-order valence-electron chi connectivity index (χ3n) is 2.29. The second kappa shape index (κ2) is 6.50. The lowest BCUT2D eigenvalue weighted by Gasteiger charge is -2.11. The number of anilines is 1. The number of nitrogens with one attached hydrogen (secondary N) is 2. The molecule has 0 saturated heterocycles. The number of hydrogen-bond donors (Lipinski definition) is 4. The fourth-order valence-corrected chi connectivity index (χ4v) is 2.55. The van der Waals surface area contributed by atoms with Crippen LogP contribution in [0.15, 0.2) is 23.1 Å². The van der Waals surface area contributed by atoms with Crippen LogP contribution < -0.4 is 10.0 Å². The van der Waals surface area contributed by atoms with Crippen molar-refractivity contribution in [2.75, 3.05) is 25.0 Å². The summed E-state index contributed by atoms with van der Waals surface area (Å²) in [6.45, 7) is 1.87. The average Bonchev–Trinajstić information content (AvgIpc) is 2.35. The number of carboxylic acids is 1. The molecular formula is C11H16N2O5S. The zero-order chi connectivity index (χ0) is 14.5. The van der Waals surface area contributed by atoms with Gasteiger partial charge in [-0.25, -0.2) is 17.9 Å². The molecule has 0 aliphatic rings. The highest BCUT2D eigenvalue weighted by molar-refractivity contribution is 7.89. The Balaban J connectivity index is 3.20. The summed E-state index contributed by atoms with van der Waals surface area (Å²) >= 11 is 0. The van der Waals surface area contributed by atoms with Gasteiger partial charge in [-0.05, 0) is 18.2 Å². The first kappa shape index (κ1) is 15.4. The minimum atomic E-state index is -3.69. The summed E-state index contributed by atoms with van der Waals surface area (Å²) in [5, 5.41) is 20.5. The maximum Gasteiger partial charge on any atom is 0.337 e. The lowest BCUT2D eigenvalue weighted by Crippen LogP contribution is -2.23. The van der Waals surface area contributed by atoms with E-state index in [9.17, 15) is 13.2 Å². The highest BCUT2D eigenvalue weighted by Crippen LogP contribution is 2.20. The molecule has 4 N–H and O–H groups in total. The van der Waals surface area contributed by atoms with E-state index < -0.39 is 16.0 Å². The van der Waals surface area contributed by atoms with E-state index in [1.807, 2.05) is 0 Å². The lowest BCUT2D eigenvalue weighted by atomic mass is 10.2. The van der Waals surface area contributed by atoms with Gasteiger partial charge in [0, 0.05) is 18.8 Å². The van der Waals surface area contributed by atoms with E-state index in [1.165, 1.54) is 12.1 Å². The summed E-state index contributed by atoms with van der Waals surface area (Å²) in [6.07, 6.45) is 0. The highest BCUT2D eigenvalue weighted by atomic mass is 32.2. The number of aromatic carboxylic acids is 1. The number of sulfonamides is 1. The van der Waals surface area contributed by atoms with E-state index in [0.717, 1.165) is 6.07 Å². The molecule has 0 radical (unpaired) electrons. The van der Waals surface area contributed by atoms with Gasteiger partial charge in [0.25, 0.3) is 0 Å². The third-order valence-corrected chi connectivity index (χ3v) is 3.84. The van der Waals surface area contributed by atoms with E-state index in [-0.39, 0.29) is 35.8 Å². The largest absolute Gasteiger partial charge is 0.478 e. The summed E-state index contributed by atoms with van der Waals surface area (Å²) in [7, 11) is -3.69. The molecule has 0 aliphatic carbocycles. The Bertz CT molecular complexity index is 556. The van der Waals surface area contributed by atoms with Crippen LogP contribution in [-0.2, 0) is 10.0 Å². The number of rotatable bonds is 7. The Hall–Kier alpha value is -1.64. The van der Waals surface area contributed by atoms with E-state index in [1.54, 1.807) is 6.92 Å². The molecule has 0 unspecified atom stereocenters. The maximum atomic E-state index is 11.8. The van der Waals surface area contributed by atoms with E-state index in [0.29, 0.717) is 0 Å². The number of aliphatic hydroxyl groups excluding tert-OH is 1. The molecule has 0 bridgehead atoms. The smallest absolute Gasteiger partial charge is 0.337 e. The lowest BCUT2D eigenvalue weighted by molar-refractivity contribution is 0.0697. The Morgan fingerprint density at radius 3 is 2.58 bits per heavy atom. The van der Waals surface area contributed by atoms with Crippen LogP contribution >= 0.6 is 0 Å². The molecule has 0 saturated carbocycles. The minimum Gasteiger partial charge on any atom is -0.478 e. The van der Waals surface area contributed by atoms with Gasteiger partial charge in [0.15, 0.2) is 0 Å². The van der Waals surface area contributed by atoms with Crippen LogP contribution in [0.3, 0.4) is 0 Å². The molecule has 0 aliphatic heterocycles. The van der Waals surface area contributed by atoms with Crippen LogP contribution in [0.2, 0.25) is 0 Å². The monoisotopic (exact) mass is 288 g/mol. The standard InChI is InChI=1S/C11H16N2O5S/c1-2-13-19(17,18)8-3-4-10(12-5-6-14)9(7-8)11(15)16/h3-4,7,12-14H,2,5-6H2,1H3,(H,15,16). The average molecular weight is 288 g/mol. The zero-order valence-electron chi connectivity index (χ0n) is 10.4. The second-order valence-electron chi connectivity index (χ2n) is 3.66. The molecule has 7 nitrogen and oxygen atoms in total. The highest BCUT2D eigenvalue weighted by Gasteiger charge is 2.17. The van der Waals surface area contributed by atoms with Crippen molar-refractivity contribution in [1.82, 2.24) is 4.72 Å². The Labute approximate surface area is 111 Å².